The van der Waals surface area contributed by atoms with Crippen LogP contribution < -0.4 is 0 Å². The lowest BCUT2D eigenvalue weighted by Gasteiger charge is -2.16. The zero-order valence-corrected chi connectivity index (χ0v) is 33.2. The summed E-state index contributed by atoms with van der Waals surface area (Å²) in [6, 6.07) is 82.3. The van der Waals surface area contributed by atoms with Gasteiger partial charge in [0.05, 0.1) is 33.1 Å². The highest BCUT2D eigenvalue weighted by atomic mass is 15.0. The zero-order chi connectivity index (χ0) is 40.0. The van der Waals surface area contributed by atoms with Gasteiger partial charge in [0.25, 0.3) is 0 Å². The van der Waals surface area contributed by atoms with E-state index in [4.69, 9.17) is 0 Å². The summed E-state index contributed by atoms with van der Waals surface area (Å²) in [6.45, 7) is 0. The highest BCUT2D eigenvalue weighted by Crippen LogP contribution is 2.45. The Balaban J connectivity index is 1.11. The summed E-state index contributed by atoms with van der Waals surface area (Å²) in [5.41, 5.74) is 15.4. The molecule has 61 heavy (non-hydrogen) atoms. The van der Waals surface area contributed by atoms with Gasteiger partial charge in [-0.2, -0.15) is 0 Å². The fraction of sp³-hybridized carbons (Fsp3) is 0. The molecule has 3 heterocycles. The second-order valence-electron chi connectivity index (χ2n) is 16.1. The first-order valence-corrected chi connectivity index (χ1v) is 21.0. The van der Waals surface area contributed by atoms with E-state index in [0.29, 0.717) is 0 Å². The van der Waals surface area contributed by atoms with Crippen molar-refractivity contribution in [2.45, 2.75) is 0 Å². The van der Waals surface area contributed by atoms with Crippen LogP contribution in [-0.4, -0.2) is 13.7 Å². The summed E-state index contributed by atoms with van der Waals surface area (Å²) in [7, 11) is 0. The molecule has 0 bridgehead atoms. The number of fused-ring (bicyclic) bond motifs is 10. The molecule has 0 atom stereocenters. The first kappa shape index (κ1) is 33.8. The van der Waals surface area contributed by atoms with Crippen molar-refractivity contribution in [1.82, 2.24) is 13.7 Å². The molecule has 0 radical (unpaired) electrons. The zero-order valence-electron chi connectivity index (χ0n) is 33.2. The molecule has 0 aliphatic heterocycles. The molecule has 0 spiro atoms. The van der Waals surface area contributed by atoms with Gasteiger partial charge in [-0.15, -0.1) is 0 Å². The fourth-order valence-electron chi connectivity index (χ4n) is 10.1. The molecule has 0 N–H and O–H groups in total. The van der Waals surface area contributed by atoms with Crippen molar-refractivity contribution in [2.24, 2.45) is 0 Å². The lowest BCUT2D eigenvalue weighted by atomic mass is 9.94. The third-order valence-corrected chi connectivity index (χ3v) is 12.8. The highest BCUT2D eigenvalue weighted by molar-refractivity contribution is 6.22. The topological polar surface area (TPSA) is 14.8 Å². The molecule has 0 aliphatic rings. The standard InChI is InChI=1S/C58H37N3/c1-3-15-38(16-4-1)39-27-30-43(31-28-39)60-53-25-13-9-21-46(53)49-33-29-41(36-55(49)60)57-45-20-8-7-17-40(45)35-51-48-23-11-14-26-54(48)61(58(51)57)44-32-34-50-47-22-10-12-24-52(47)59(56(50)37-44)42-18-5-2-6-19-42/h1-37H. The van der Waals surface area contributed by atoms with Gasteiger partial charge in [-0.25, -0.2) is 0 Å². The molecule has 284 valence electrons. The van der Waals surface area contributed by atoms with E-state index in [1.807, 2.05) is 0 Å². The molecule has 13 aromatic rings. The van der Waals surface area contributed by atoms with Crippen LogP contribution >= 0.6 is 0 Å². The van der Waals surface area contributed by atoms with Crippen molar-refractivity contribution >= 4 is 76.2 Å². The van der Waals surface area contributed by atoms with Gasteiger partial charge in [-0.05, 0) is 94.2 Å². The van der Waals surface area contributed by atoms with Gasteiger partial charge in [-0.1, -0.05) is 158 Å². The van der Waals surface area contributed by atoms with E-state index in [1.54, 1.807) is 0 Å². The van der Waals surface area contributed by atoms with Crippen LogP contribution in [0.2, 0.25) is 0 Å². The maximum atomic E-state index is 2.51. The van der Waals surface area contributed by atoms with E-state index >= 15 is 0 Å². The Bertz CT molecular complexity index is 3850. The van der Waals surface area contributed by atoms with Crippen LogP contribution in [0, 0.1) is 0 Å². The fourth-order valence-corrected chi connectivity index (χ4v) is 10.1. The van der Waals surface area contributed by atoms with Crippen LogP contribution in [0.1, 0.15) is 0 Å². The molecule has 3 aromatic heterocycles. The smallest absolute Gasteiger partial charge is 0.0625 e. The number of hydrogen-bond acceptors (Lipinski definition) is 0. The maximum absolute atomic E-state index is 2.51. The average molecular weight is 776 g/mol. The van der Waals surface area contributed by atoms with E-state index < -0.39 is 0 Å². The number of aromatic nitrogens is 3. The molecule has 0 fully saturated rings. The second-order valence-corrected chi connectivity index (χ2v) is 16.1. The van der Waals surface area contributed by atoms with Gasteiger partial charge >= 0.3 is 0 Å². The third kappa shape index (κ3) is 5.04. The van der Waals surface area contributed by atoms with E-state index in [1.165, 1.54) is 98.4 Å². The predicted octanol–water partition coefficient (Wildman–Crippen LogP) is 15.5. The van der Waals surface area contributed by atoms with Crippen molar-refractivity contribution in [2.75, 3.05) is 0 Å². The molecule has 0 unspecified atom stereocenters. The molecular formula is C58H37N3. The third-order valence-electron chi connectivity index (χ3n) is 12.8. The summed E-state index contributed by atoms with van der Waals surface area (Å²) in [6.07, 6.45) is 0. The molecule has 3 nitrogen and oxygen atoms in total. The highest BCUT2D eigenvalue weighted by Gasteiger charge is 2.22. The second kappa shape index (κ2) is 13.2. The van der Waals surface area contributed by atoms with Crippen molar-refractivity contribution in [3.8, 4) is 39.3 Å². The van der Waals surface area contributed by atoms with Gasteiger partial charge in [0.2, 0.25) is 0 Å². The van der Waals surface area contributed by atoms with Crippen LogP contribution in [0.25, 0.3) is 116 Å². The normalized spacial score (nSPS) is 11.9. The monoisotopic (exact) mass is 775 g/mol. The van der Waals surface area contributed by atoms with E-state index in [2.05, 4.69) is 238 Å². The molecule has 13 rings (SSSR count). The van der Waals surface area contributed by atoms with Crippen molar-refractivity contribution in [1.29, 1.82) is 0 Å². The molecular weight excluding hydrogens is 739 g/mol. The largest absolute Gasteiger partial charge is 0.309 e. The lowest BCUT2D eigenvalue weighted by Crippen LogP contribution is -1.98. The van der Waals surface area contributed by atoms with Crippen LogP contribution in [0.15, 0.2) is 224 Å². The maximum Gasteiger partial charge on any atom is 0.0625 e. The first-order valence-electron chi connectivity index (χ1n) is 21.0. The Morgan fingerprint density at radius 1 is 0.230 bits per heavy atom. The first-order chi connectivity index (χ1) is 30.3. The number of hydrogen-bond donors (Lipinski definition) is 0. The minimum absolute atomic E-state index is 1.13. The molecule has 0 saturated heterocycles. The molecule has 0 amide bonds. The van der Waals surface area contributed by atoms with Crippen LogP contribution in [-0.2, 0) is 0 Å². The number of nitrogens with zero attached hydrogens (tertiary/aromatic N) is 3. The van der Waals surface area contributed by atoms with Crippen LogP contribution in [0.5, 0.6) is 0 Å². The molecule has 10 aromatic carbocycles. The van der Waals surface area contributed by atoms with Crippen LogP contribution in [0.3, 0.4) is 0 Å². The Morgan fingerprint density at radius 3 is 1.34 bits per heavy atom. The van der Waals surface area contributed by atoms with Crippen molar-refractivity contribution in [3.63, 3.8) is 0 Å². The van der Waals surface area contributed by atoms with E-state index in [9.17, 15) is 0 Å². The van der Waals surface area contributed by atoms with Gasteiger partial charge in [0.1, 0.15) is 0 Å². The van der Waals surface area contributed by atoms with Gasteiger partial charge < -0.3 is 13.7 Å². The van der Waals surface area contributed by atoms with Crippen molar-refractivity contribution in [3.05, 3.63) is 224 Å². The predicted molar refractivity (Wildman–Crippen MR) is 258 cm³/mol. The number of benzene rings is 10. The lowest BCUT2D eigenvalue weighted by molar-refractivity contribution is 1.16. The Hall–Kier alpha value is -8.14. The molecule has 3 heteroatoms. The number of rotatable bonds is 5. The summed E-state index contributed by atoms with van der Waals surface area (Å²) in [4.78, 5) is 0. The Kier molecular flexibility index (Phi) is 7.31. The van der Waals surface area contributed by atoms with Gasteiger partial charge in [-0.3, -0.25) is 0 Å². The molecule has 0 aliphatic carbocycles. The van der Waals surface area contributed by atoms with Crippen LogP contribution in [0.4, 0.5) is 0 Å². The van der Waals surface area contributed by atoms with E-state index in [-0.39, 0.29) is 0 Å². The summed E-state index contributed by atoms with van der Waals surface area (Å²) in [5.74, 6) is 0. The molecule has 0 saturated carbocycles. The quantitative estimate of drug-likeness (QED) is 0.165. The summed E-state index contributed by atoms with van der Waals surface area (Å²) in [5, 5.41) is 9.91. The van der Waals surface area contributed by atoms with Gasteiger partial charge in [0, 0.05) is 54.9 Å². The van der Waals surface area contributed by atoms with Gasteiger partial charge in [0.15, 0.2) is 0 Å². The SMILES string of the molecule is c1ccc(-c2ccc(-n3c4ccccc4c4ccc(-c5c6ccccc6cc6c7ccccc7n(-c7ccc8c9ccccc9n(-c9ccccc9)c8c7)c56)cc43)cc2)cc1. The average Bonchev–Trinajstić information content (AvgIpc) is 3.96. The van der Waals surface area contributed by atoms with Crippen molar-refractivity contribution < 1.29 is 0 Å². The Labute approximate surface area is 352 Å². The summed E-state index contributed by atoms with van der Waals surface area (Å²) < 4.78 is 7.37. The Morgan fingerprint density at radius 2 is 0.672 bits per heavy atom. The summed E-state index contributed by atoms with van der Waals surface area (Å²) >= 11 is 0. The minimum atomic E-state index is 1.13. The number of para-hydroxylation sites is 4. The minimum Gasteiger partial charge on any atom is -0.309 e. The van der Waals surface area contributed by atoms with E-state index in [0.717, 1.165) is 17.1 Å².